The van der Waals surface area contributed by atoms with Crippen molar-refractivity contribution in [2.24, 2.45) is 0 Å². The van der Waals surface area contributed by atoms with Gasteiger partial charge in [-0.2, -0.15) is 0 Å². The Morgan fingerprint density at radius 2 is 2.33 bits per heavy atom. The molecule has 0 bridgehead atoms. The standard InChI is InChI=1S/C6H12O2S/c1-3-6(8)9-5(2)4-7/h4-6,8H,3H2,1-2H3. The quantitative estimate of drug-likeness (QED) is 0.478. The van der Waals surface area contributed by atoms with E-state index in [-0.39, 0.29) is 10.7 Å². The number of rotatable bonds is 4. The molecule has 0 rings (SSSR count). The third kappa shape index (κ3) is 4.48. The molecule has 54 valence electrons. The topological polar surface area (TPSA) is 37.3 Å². The molecule has 0 fully saturated rings. The maximum atomic E-state index is 10.0. The average Bonchev–Trinajstić information content (AvgIpc) is 1.87. The number of aliphatic hydroxyl groups excluding tert-OH is 1. The zero-order chi connectivity index (χ0) is 7.28. The molecule has 0 amide bonds. The summed E-state index contributed by atoms with van der Waals surface area (Å²) in [7, 11) is 0. The van der Waals surface area contributed by atoms with E-state index in [1.807, 2.05) is 6.92 Å². The molecule has 1 N–H and O–H groups in total. The van der Waals surface area contributed by atoms with Crippen LogP contribution in [0.25, 0.3) is 0 Å². The second kappa shape index (κ2) is 4.82. The number of hydrogen-bond acceptors (Lipinski definition) is 3. The van der Waals surface area contributed by atoms with Crippen molar-refractivity contribution in [3.8, 4) is 0 Å². The largest absolute Gasteiger partial charge is 0.382 e. The van der Waals surface area contributed by atoms with Gasteiger partial charge in [-0.05, 0) is 13.3 Å². The van der Waals surface area contributed by atoms with Crippen molar-refractivity contribution in [1.29, 1.82) is 0 Å². The Balaban J connectivity index is 3.33. The zero-order valence-electron chi connectivity index (χ0n) is 5.70. The number of aliphatic hydroxyl groups is 1. The molecule has 0 aromatic heterocycles. The minimum atomic E-state index is -0.384. The zero-order valence-corrected chi connectivity index (χ0v) is 6.52. The third-order valence-corrected chi connectivity index (χ3v) is 2.10. The van der Waals surface area contributed by atoms with Gasteiger partial charge in [-0.15, -0.1) is 11.8 Å². The van der Waals surface area contributed by atoms with Gasteiger partial charge in [0.1, 0.15) is 6.29 Å². The molecule has 9 heavy (non-hydrogen) atoms. The van der Waals surface area contributed by atoms with Crippen molar-refractivity contribution in [2.45, 2.75) is 31.0 Å². The fourth-order valence-corrected chi connectivity index (χ4v) is 1.13. The first-order valence-electron chi connectivity index (χ1n) is 2.99. The Kier molecular flexibility index (Phi) is 4.81. The highest BCUT2D eigenvalue weighted by molar-refractivity contribution is 8.00. The number of aldehydes is 1. The van der Waals surface area contributed by atoms with Crippen molar-refractivity contribution in [1.82, 2.24) is 0 Å². The molecule has 0 saturated carbocycles. The monoisotopic (exact) mass is 148 g/mol. The molecular formula is C6H12O2S. The van der Waals surface area contributed by atoms with E-state index in [9.17, 15) is 4.79 Å². The second-order valence-electron chi connectivity index (χ2n) is 1.84. The number of hydrogen-bond donors (Lipinski definition) is 1. The molecule has 0 aromatic rings. The van der Waals surface area contributed by atoms with Crippen LogP contribution in [0.4, 0.5) is 0 Å². The highest BCUT2D eigenvalue weighted by Crippen LogP contribution is 2.15. The summed E-state index contributed by atoms with van der Waals surface area (Å²) in [5, 5.41) is 8.88. The molecule has 0 aliphatic heterocycles. The van der Waals surface area contributed by atoms with Gasteiger partial charge in [-0.1, -0.05) is 6.92 Å². The molecule has 0 aliphatic carbocycles. The Bertz CT molecular complexity index is 85.1. The number of carbonyl (C=O) groups is 1. The van der Waals surface area contributed by atoms with Crippen molar-refractivity contribution < 1.29 is 9.90 Å². The first-order valence-corrected chi connectivity index (χ1v) is 3.93. The van der Waals surface area contributed by atoms with Crippen molar-refractivity contribution in [2.75, 3.05) is 0 Å². The third-order valence-electron chi connectivity index (χ3n) is 0.913. The summed E-state index contributed by atoms with van der Waals surface area (Å²) in [6.07, 6.45) is 1.53. The maximum absolute atomic E-state index is 10.0. The molecule has 3 heteroatoms. The van der Waals surface area contributed by atoms with Gasteiger partial charge in [-0.3, -0.25) is 0 Å². The Hall–Kier alpha value is -0.0200. The summed E-state index contributed by atoms with van der Waals surface area (Å²) >= 11 is 1.29. The Labute approximate surface area is 59.6 Å². The van der Waals surface area contributed by atoms with E-state index < -0.39 is 0 Å². The summed E-state index contributed by atoms with van der Waals surface area (Å²) in [5.41, 5.74) is -0.384. The maximum Gasteiger partial charge on any atom is 0.132 e. The summed E-state index contributed by atoms with van der Waals surface area (Å²) in [6.45, 7) is 3.66. The van der Waals surface area contributed by atoms with E-state index >= 15 is 0 Å². The van der Waals surface area contributed by atoms with Crippen LogP contribution in [0.3, 0.4) is 0 Å². The van der Waals surface area contributed by atoms with Crippen LogP contribution in [0, 0.1) is 0 Å². The Morgan fingerprint density at radius 1 is 1.78 bits per heavy atom. The SMILES string of the molecule is CCC(O)SC(C)C=O. The summed E-state index contributed by atoms with van der Waals surface area (Å²) in [5.74, 6) is 0. The minimum Gasteiger partial charge on any atom is -0.382 e. The van der Waals surface area contributed by atoms with Crippen molar-refractivity contribution in [3.05, 3.63) is 0 Å². The van der Waals surface area contributed by atoms with Gasteiger partial charge in [0.25, 0.3) is 0 Å². The molecular weight excluding hydrogens is 136 g/mol. The van der Waals surface area contributed by atoms with Gasteiger partial charge in [0.2, 0.25) is 0 Å². The molecule has 2 atom stereocenters. The molecule has 0 radical (unpaired) electrons. The normalized spacial score (nSPS) is 16.8. The number of carbonyl (C=O) groups excluding carboxylic acids is 1. The van der Waals surface area contributed by atoms with Crippen molar-refractivity contribution in [3.63, 3.8) is 0 Å². The average molecular weight is 148 g/mol. The van der Waals surface area contributed by atoms with E-state index in [2.05, 4.69) is 0 Å². The van der Waals surface area contributed by atoms with Crippen LogP contribution in [0.5, 0.6) is 0 Å². The molecule has 0 heterocycles. The minimum absolute atomic E-state index is 0.0834. The van der Waals surface area contributed by atoms with Crippen LogP contribution in [-0.4, -0.2) is 22.1 Å². The van der Waals surface area contributed by atoms with Crippen molar-refractivity contribution >= 4 is 18.0 Å². The van der Waals surface area contributed by atoms with E-state index in [1.54, 1.807) is 6.92 Å². The highest BCUT2D eigenvalue weighted by Gasteiger charge is 2.06. The molecule has 2 nitrogen and oxygen atoms in total. The fraction of sp³-hybridized carbons (Fsp3) is 0.833. The predicted octanol–water partition coefficient (Wildman–Crippen LogP) is 1.04. The molecule has 0 aliphatic rings. The lowest BCUT2D eigenvalue weighted by Crippen LogP contribution is -2.06. The molecule has 0 spiro atoms. The summed E-state index contributed by atoms with van der Waals surface area (Å²) in [4.78, 5) is 10.0. The second-order valence-corrected chi connectivity index (χ2v) is 3.40. The molecule has 0 aromatic carbocycles. The summed E-state index contributed by atoms with van der Waals surface area (Å²) < 4.78 is 0. The van der Waals surface area contributed by atoms with Gasteiger partial charge < -0.3 is 9.90 Å². The van der Waals surface area contributed by atoms with Crippen LogP contribution in [0.15, 0.2) is 0 Å². The first kappa shape index (κ1) is 8.98. The van der Waals surface area contributed by atoms with Crippen LogP contribution in [0.2, 0.25) is 0 Å². The van der Waals surface area contributed by atoms with Crippen LogP contribution in [0.1, 0.15) is 20.3 Å². The van der Waals surface area contributed by atoms with E-state index in [4.69, 9.17) is 5.11 Å². The van der Waals surface area contributed by atoms with Gasteiger partial charge in [0.05, 0.1) is 10.7 Å². The van der Waals surface area contributed by atoms with E-state index in [0.29, 0.717) is 6.42 Å². The van der Waals surface area contributed by atoms with Crippen LogP contribution < -0.4 is 0 Å². The van der Waals surface area contributed by atoms with Gasteiger partial charge in [0.15, 0.2) is 0 Å². The van der Waals surface area contributed by atoms with Crippen LogP contribution >= 0.6 is 11.8 Å². The van der Waals surface area contributed by atoms with E-state index in [0.717, 1.165) is 6.29 Å². The fourth-order valence-electron chi connectivity index (χ4n) is 0.376. The molecule has 2 unspecified atom stereocenters. The van der Waals surface area contributed by atoms with Gasteiger partial charge in [-0.25, -0.2) is 0 Å². The van der Waals surface area contributed by atoms with E-state index in [1.165, 1.54) is 11.8 Å². The lowest BCUT2D eigenvalue weighted by Gasteiger charge is -2.07. The smallest absolute Gasteiger partial charge is 0.132 e. The number of thioether (sulfide) groups is 1. The molecule has 0 saturated heterocycles. The first-order chi connectivity index (χ1) is 4.20. The summed E-state index contributed by atoms with van der Waals surface area (Å²) in [6, 6.07) is 0. The lowest BCUT2D eigenvalue weighted by molar-refractivity contribution is -0.107. The van der Waals surface area contributed by atoms with Gasteiger partial charge >= 0.3 is 0 Å². The van der Waals surface area contributed by atoms with Crippen LogP contribution in [-0.2, 0) is 4.79 Å². The van der Waals surface area contributed by atoms with Gasteiger partial charge in [0, 0.05) is 0 Å². The lowest BCUT2D eigenvalue weighted by atomic mass is 10.5. The predicted molar refractivity (Wildman–Crippen MR) is 39.4 cm³/mol. The Morgan fingerprint density at radius 3 is 2.67 bits per heavy atom. The highest BCUT2D eigenvalue weighted by atomic mass is 32.2.